The van der Waals surface area contributed by atoms with Gasteiger partial charge in [-0.1, -0.05) is 56.3 Å². The van der Waals surface area contributed by atoms with Crippen molar-refractivity contribution in [3.8, 4) is 0 Å². The highest BCUT2D eigenvalue weighted by Crippen LogP contribution is 2.41. The zero-order valence-electron chi connectivity index (χ0n) is 13.1. The van der Waals surface area contributed by atoms with E-state index in [0.717, 1.165) is 31.2 Å². The van der Waals surface area contributed by atoms with Gasteiger partial charge in [0, 0.05) is 5.02 Å². The molecule has 0 aromatic heterocycles. The maximum Gasteiger partial charge on any atom is 0.186 e. The average molecular weight is 322 g/mol. The van der Waals surface area contributed by atoms with Crippen molar-refractivity contribution in [1.29, 1.82) is 5.41 Å². The largest absolute Gasteiger partial charge is 0.389 e. The Kier molecular flexibility index (Phi) is 5.76. The molecule has 0 amide bonds. The molecule has 1 fully saturated rings. The summed E-state index contributed by atoms with van der Waals surface area (Å²) in [6.07, 6.45) is 5.34. The highest BCUT2D eigenvalue weighted by Gasteiger charge is 2.43. The molecule has 22 heavy (non-hydrogen) atoms. The van der Waals surface area contributed by atoms with Gasteiger partial charge in [-0.3, -0.25) is 4.79 Å². The van der Waals surface area contributed by atoms with Crippen LogP contribution in [0.3, 0.4) is 0 Å². The molecule has 0 saturated heterocycles. The molecule has 0 radical (unpaired) electrons. The number of benzene rings is 1. The third-order valence-corrected chi connectivity index (χ3v) is 4.73. The second-order valence-electron chi connectivity index (χ2n) is 6.25. The van der Waals surface area contributed by atoms with Crippen LogP contribution in [0.2, 0.25) is 5.02 Å². The maximum absolute atomic E-state index is 12.8. The lowest BCUT2D eigenvalue weighted by Gasteiger charge is -2.38. The topological polar surface area (TPSA) is 61.2 Å². The molecule has 2 N–H and O–H groups in total. The summed E-state index contributed by atoms with van der Waals surface area (Å²) < 4.78 is 0. The second-order valence-corrected chi connectivity index (χ2v) is 6.68. The number of Topliss-reactive ketones (excluding diaryl/α,β-unsaturated/α-hetero) is 1. The van der Waals surface area contributed by atoms with Gasteiger partial charge in [0.05, 0.1) is 17.2 Å². The molecular formula is C18H24ClNO2. The number of hydrogen-bond acceptors (Lipinski definition) is 3. The zero-order valence-corrected chi connectivity index (χ0v) is 13.8. The number of carbonyl (C=O) groups is 1. The van der Waals surface area contributed by atoms with E-state index in [-0.39, 0.29) is 11.5 Å². The van der Waals surface area contributed by atoms with E-state index in [1.54, 1.807) is 18.2 Å². The number of hydrogen-bond donors (Lipinski definition) is 2. The summed E-state index contributed by atoms with van der Waals surface area (Å²) in [5, 5.41) is 19.7. The van der Waals surface area contributed by atoms with Gasteiger partial charge < -0.3 is 10.5 Å². The Morgan fingerprint density at radius 1 is 1.36 bits per heavy atom. The molecule has 0 heterocycles. The summed E-state index contributed by atoms with van der Waals surface area (Å²) >= 11 is 6.07. The van der Waals surface area contributed by atoms with Gasteiger partial charge in [-0.2, -0.15) is 0 Å². The normalized spacial score (nSPS) is 18.7. The first-order chi connectivity index (χ1) is 10.5. The third-order valence-electron chi connectivity index (χ3n) is 4.50. The first-order valence-corrected chi connectivity index (χ1v) is 8.45. The van der Waals surface area contributed by atoms with Crippen LogP contribution in [-0.2, 0) is 4.79 Å². The minimum Gasteiger partial charge on any atom is -0.389 e. The SMILES string of the molecule is CCCC(=N)C(=O)[C@@H](c1cccc(Cl)c1)C1(O)CCCCC1. The molecule has 1 aromatic rings. The van der Waals surface area contributed by atoms with Gasteiger partial charge in [-0.15, -0.1) is 0 Å². The van der Waals surface area contributed by atoms with Crippen LogP contribution in [0.1, 0.15) is 63.4 Å². The average Bonchev–Trinajstić information content (AvgIpc) is 2.48. The molecule has 1 aliphatic rings. The predicted molar refractivity (Wildman–Crippen MR) is 89.9 cm³/mol. The molecule has 1 atom stereocenters. The van der Waals surface area contributed by atoms with Gasteiger partial charge in [-0.25, -0.2) is 0 Å². The summed E-state index contributed by atoms with van der Waals surface area (Å²) in [7, 11) is 0. The molecule has 2 rings (SSSR count). The minimum absolute atomic E-state index is 0.103. The van der Waals surface area contributed by atoms with Crippen molar-refractivity contribution in [2.75, 3.05) is 0 Å². The Balaban J connectivity index is 2.40. The molecular weight excluding hydrogens is 298 g/mol. The molecule has 1 aliphatic carbocycles. The lowest BCUT2D eigenvalue weighted by Crippen LogP contribution is -2.44. The molecule has 1 saturated carbocycles. The van der Waals surface area contributed by atoms with Crippen molar-refractivity contribution in [2.24, 2.45) is 0 Å². The summed E-state index contributed by atoms with van der Waals surface area (Å²) in [6, 6.07) is 7.14. The van der Waals surface area contributed by atoms with E-state index in [1.807, 2.05) is 13.0 Å². The number of halogens is 1. The summed E-state index contributed by atoms with van der Waals surface area (Å²) in [5.74, 6) is -0.931. The fourth-order valence-corrected chi connectivity index (χ4v) is 3.59. The second kappa shape index (κ2) is 7.38. The molecule has 3 nitrogen and oxygen atoms in total. The molecule has 120 valence electrons. The van der Waals surface area contributed by atoms with Gasteiger partial charge in [0.15, 0.2) is 5.78 Å². The zero-order chi connectivity index (χ0) is 16.2. The van der Waals surface area contributed by atoms with Gasteiger partial charge >= 0.3 is 0 Å². The Labute approximate surface area is 137 Å². The van der Waals surface area contributed by atoms with Crippen LogP contribution in [0.25, 0.3) is 0 Å². The van der Waals surface area contributed by atoms with Crippen molar-refractivity contribution < 1.29 is 9.90 Å². The van der Waals surface area contributed by atoms with Crippen molar-refractivity contribution in [2.45, 2.75) is 63.4 Å². The van der Waals surface area contributed by atoms with Gasteiger partial charge in [0.1, 0.15) is 0 Å². The Morgan fingerprint density at radius 3 is 2.64 bits per heavy atom. The Morgan fingerprint density at radius 2 is 2.05 bits per heavy atom. The molecule has 0 unspecified atom stereocenters. The smallest absolute Gasteiger partial charge is 0.186 e. The summed E-state index contributed by atoms with van der Waals surface area (Å²) in [4.78, 5) is 12.8. The van der Waals surface area contributed by atoms with Crippen LogP contribution in [-0.4, -0.2) is 22.2 Å². The molecule has 0 aliphatic heterocycles. The van der Waals surface area contributed by atoms with E-state index in [4.69, 9.17) is 17.0 Å². The van der Waals surface area contributed by atoms with Gasteiger partial charge in [-0.05, 0) is 37.0 Å². The monoisotopic (exact) mass is 321 g/mol. The highest BCUT2D eigenvalue weighted by atomic mass is 35.5. The number of aliphatic hydroxyl groups is 1. The third kappa shape index (κ3) is 3.76. The van der Waals surface area contributed by atoms with Crippen molar-refractivity contribution in [3.63, 3.8) is 0 Å². The first-order valence-electron chi connectivity index (χ1n) is 8.07. The van der Waals surface area contributed by atoms with Crippen LogP contribution >= 0.6 is 11.6 Å². The molecule has 4 heteroatoms. The lowest BCUT2D eigenvalue weighted by molar-refractivity contribution is -0.122. The maximum atomic E-state index is 12.8. The Hall–Kier alpha value is -1.19. The number of rotatable bonds is 6. The van der Waals surface area contributed by atoms with Crippen LogP contribution in [0.15, 0.2) is 24.3 Å². The fourth-order valence-electron chi connectivity index (χ4n) is 3.39. The molecule has 0 bridgehead atoms. The summed E-state index contributed by atoms with van der Waals surface area (Å²) in [6.45, 7) is 1.95. The quantitative estimate of drug-likeness (QED) is 0.757. The standard InChI is InChI=1S/C18H24ClNO2/c1-2-7-15(20)17(21)16(13-8-6-9-14(19)12-13)18(22)10-4-3-5-11-18/h6,8-9,12,16,20,22H,2-5,7,10-11H2,1H3/t16-/m1/s1. The number of ketones is 1. The van der Waals surface area contributed by atoms with Gasteiger partial charge in [0.2, 0.25) is 0 Å². The van der Waals surface area contributed by atoms with E-state index in [9.17, 15) is 9.90 Å². The predicted octanol–water partition coefficient (Wildman–Crippen LogP) is 4.51. The van der Waals surface area contributed by atoms with Crippen LogP contribution in [0.5, 0.6) is 0 Å². The van der Waals surface area contributed by atoms with Crippen molar-refractivity contribution in [1.82, 2.24) is 0 Å². The van der Waals surface area contributed by atoms with E-state index < -0.39 is 11.5 Å². The first kappa shape index (κ1) is 17.2. The number of nitrogens with one attached hydrogen (secondary N) is 1. The highest BCUT2D eigenvalue weighted by molar-refractivity contribution is 6.40. The fraction of sp³-hybridized carbons (Fsp3) is 0.556. The van der Waals surface area contributed by atoms with E-state index in [2.05, 4.69) is 0 Å². The van der Waals surface area contributed by atoms with E-state index in [1.165, 1.54) is 0 Å². The van der Waals surface area contributed by atoms with Crippen molar-refractivity contribution in [3.05, 3.63) is 34.9 Å². The number of carbonyl (C=O) groups excluding carboxylic acids is 1. The lowest BCUT2D eigenvalue weighted by atomic mass is 9.70. The van der Waals surface area contributed by atoms with E-state index >= 15 is 0 Å². The van der Waals surface area contributed by atoms with E-state index in [0.29, 0.717) is 24.3 Å². The van der Waals surface area contributed by atoms with Crippen molar-refractivity contribution >= 4 is 23.1 Å². The molecule has 0 spiro atoms. The van der Waals surface area contributed by atoms with Gasteiger partial charge in [0.25, 0.3) is 0 Å². The minimum atomic E-state index is -1.06. The summed E-state index contributed by atoms with van der Waals surface area (Å²) in [5.41, 5.74) is -0.228. The Bertz CT molecular complexity index is 550. The van der Waals surface area contributed by atoms with Crippen LogP contribution in [0.4, 0.5) is 0 Å². The van der Waals surface area contributed by atoms with Crippen LogP contribution in [0, 0.1) is 5.41 Å². The van der Waals surface area contributed by atoms with Crippen LogP contribution < -0.4 is 0 Å². The molecule has 1 aromatic carbocycles.